The summed E-state index contributed by atoms with van der Waals surface area (Å²) in [6.07, 6.45) is 4.49. The van der Waals surface area contributed by atoms with Crippen LogP contribution in [0.2, 0.25) is 0 Å². The van der Waals surface area contributed by atoms with Crippen molar-refractivity contribution in [1.82, 2.24) is 0 Å². The highest BCUT2D eigenvalue weighted by Crippen LogP contribution is 2.25. The maximum atomic E-state index is 11.1. The number of unbranched alkanes of at least 4 members (excludes halogenated alkanes) is 1. The largest absolute Gasteiger partial charge is 0.425 e. The summed E-state index contributed by atoms with van der Waals surface area (Å²) in [4.78, 5) is 11.1. The zero-order valence-corrected chi connectivity index (χ0v) is 22.6. The van der Waals surface area contributed by atoms with Crippen LogP contribution in [0.4, 0.5) is 0 Å². The molecule has 0 saturated carbocycles. The van der Waals surface area contributed by atoms with Gasteiger partial charge in [-0.05, 0) is 37.8 Å². The predicted octanol–water partition coefficient (Wildman–Crippen LogP) is -1.42. The van der Waals surface area contributed by atoms with Crippen molar-refractivity contribution >= 4 is 56.3 Å². The van der Waals surface area contributed by atoms with E-state index in [1.807, 2.05) is 19.9 Å². The van der Waals surface area contributed by atoms with Crippen molar-refractivity contribution in [3.63, 3.8) is 0 Å². The Morgan fingerprint density at radius 2 is 1.40 bits per heavy atom. The van der Waals surface area contributed by atoms with Crippen LogP contribution >= 0.6 is 0 Å². The molecule has 0 N–H and O–H groups in total. The molecule has 0 amide bonds. The molecule has 0 atom stereocenters. The van der Waals surface area contributed by atoms with Crippen molar-refractivity contribution in [2.75, 3.05) is 0 Å². The number of rotatable bonds is 5. The third-order valence-corrected chi connectivity index (χ3v) is 10.3. The van der Waals surface area contributed by atoms with E-state index in [2.05, 4.69) is 25.1 Å². The summed E-state index contributed by atoms with van der Waals surface area (Å²) in [5, 5.41) is 0. The average molecular weight is 435 g/mol. The van der Waals surface area contributed by atoms with Gasteiger partial charge in [0.05, 0.1) is 0 Å². The van der Waals surface area contributed by atoms with Gasteiger partial charge in [0, 0.05) is 5.41 Å². The number of carbonyl (C=O) groups is 1. The second kappa shape index (κ2) is 13.9. The number of benzene rings is 1. The van der Waals surface area contributed by atoms with Gasteiger partial charge in [-0.25, -0.2) is 0 Å². The molecule has 2 rings (SSSR count). The molecule has 0 bridgehead atoms. The fraction of sp³-hybridized carbons (Fsp3) is 0.500. The number of aldehydes is 1. The van der Waals surface area contributed by atoms with Crippen molar-refractivity contribution in [3.8, 4) is 0 Å². The lowest BCUT2D eigenvalue weighted by Crippen LogP contribution is -2.23. The van der Waals surface area contributed by atoms with Gasteiger partial charge in [-0.15, -0.1) is 0 Å². The fourth-order valence-electron chi connectivity index (χ4n) is 2.26. The Kier molecular flexibility index (Phi) is 12.7. The van der Waals surface area contributed by atoms with Crippen LogP contribution in [-0.2, 0) is 37.2 Å². The molecule has 0 unspecified atom stereocenters. The van der Waals surface area contributed by atoms with Crippen molar-refractivity contribution in [2.45, 2.75) is 45.4 Å². The van der Waals surface area contributed by atoms with E-state index in [9.17, 15) is 4.79 Å². The van der Waals surface area contributed by atoms with Gasteiger partial charge in [-0.3, -0.25) is 0 Å². The minimum Gasteiger partial charge on any atom is -0.425 e. The predicted molar refractivity (Wildman–Crippen MR) is 112 cm³/mol. The van der Waals surface area contributed by atoms with E-state index in [4.69, 9.17) is 20.6 Å². The van der Waals surface area contributed by atoms with Gasteiger partial charge in [-0.2, -0.15) is 0 Å². The molecule has 0 radical (unpaired) electrons. The smallest absolute Gasteiger partial charge is 0.286 e. The molecule has 25 heavy (non-hydrogen) atoms. The van der Waals surface area contributed by atoms with Crippen LogP contribution in [0.1, 0.15) is 44.7 Å². The third kappa shape index (κ3) is 9.88. The molecule has 11 heteroatoms. The summed E-state index contributed by atoms with van der Waals surface area (Å²) in [5.74, 6) is 0. The normalized spacial score (nSPS) is 21.2. The SMILES string of the molecule is CCCCc1ccccc1C(C)(C)C=O.O1[SiH2]O[SiH2]O[SiH2]O[SiH2]O[SiH2]1. The second-order valence-corrected chi connectivity index (χ2v) is 15.6. The van der Waals surface area contributed by atoms with E-state index in [1.165, 1.54) is 24.0 Å². The van der Waals surface area contributed by atoms with Crippen LogP contribution in [0.25, 0.3) is 0 Å². The standard InChI is InChI=1S/C14H20O.H10O5Si5/c1-4-5-8-12-9-6-7-10-13(12)14(2,3)11-15;1-6-2-8-4-10-5-9-3-7-1/h6-7,9-11H,4-5,8H2,1-3H3;6-10H2. The highest BCUT2D eigenvalue weighted by Gasteiger charge is 2.21. The quantitative estimate of drug-likeness (QED) is 0.419. The lowest BCUT2D eigenvalue weighted by Gasteiger charge is -2.21. The highest BCUT2D eigenvalue weighted by atomic mass is 28.4. The van der Waals surface area contributed by atoms with Gasteiger partial charge in [0.25, 0.3) is 50.0 Å². The molecule has 1 aliphatic rings. The van der Waals surface area contributed by atoms with E-state index in [-0.39, 0.29) is 5.41 Å². The van der Waals surface area contributed by atoms with Gasteiger partial charge in [-0.1, -0.05) is 37.6 Å². The summed E-state index contributed by atoms with van der Waals surface area (Å²) < 4.78 is 25.8. The summed E-state index contributed by atoms with van der Waals surface area (Å²) in [6, 6.07) is 8.26. The van der Waals surface area contributed by atoms with E-state index < -0.39 is 50.0 Å². The molecular formula is C14H30O6Si5. The van der Waals surface area contributed by atoms with Crippen LogP contribution in [0, 0.1) is 0 Å². The van der Waals surface area contributed by atoms with Crippen molar-refractivity contribution in [1.29, 1.82) is 0 Å². The number of carbonyl (C=O) groups excluding carboxylic acids is 1. The van der Waals surface area contributed by atoms with Crippen molar-refractivity contribution < 1.29 is 25.4 Å². The lowest BCUT2D eigenvalue weighted by molar-refractivity contribution is -0.111. The number of hydrogen-bond donors (Lipinski definition) is 0. The fourth-order valence-corrected chi connectivity index (χ4v) is 11.3. The Morgan fingerprint density at radius 3 is 1.84 bits per heavy atom. The van der Waals surface area contributed by atoms with Gasteiger partial charge in [0.15, 0.2) is 0 Å². The van der Waals surface area contributed by atoms with Crippen LogP contribution < -0.4 is 0 Å². The van der Waals surface area contributed by atoms with Crippen LogP contribution in [0.3, 0.4) is 0 Å². The van der Waals surface area contributed by atoms with Gasteiger partial charge < -0.3 is 25.4 Å². The maximum Gasteiger partial charge on any atom is 0.286 e. The minimum absolute atomic E-state index is 0.357. The second-order valence-electron chi connectivity index (χ2n) is 6.21. The molecule has 6 nitrogen and oxygen atoms in total. The Bertz CT molecular complexity index is 457. The van der Waals surface area contributed by atoms with Crippen molar-refractivity contribution in [2.24, 2.45) is 0 Å². The van der Waals surface area contributed by atoms with E-state index in [0.717, 1.165) is 12.7 Å². The monoisotopic (exact) mass is 434 g/mol. The Hall–Kier alpha value is -0.226. The number of aryl methyl sites for hydroxylation is 1. The molecule has 1 heterocycles. The molecular weight excluding hydrogens is 405 g/mol. The lowest BCUT2D eigenvalue weighted by atomic mass is 9.82. The molecule has 0 aliphatic carbocycles. The van der Waals surface area contributed by atoms with Crippen LogP contribution in [0.15, 0.2) is 24.3 Å². The maximum absolute atomic E-state index is 11.1. The zero-order valence-electron chi connectivity index (χ0n) is 15.5. The Morgan fingerprint density at radius 1 is 0.920 bits per heavy atom. The minimum atomic E-state index is -0.724. The topological polar surface area (TPSA) is 63.2 Å². The summed E-state index contributed by atoms with van der Waals surface area (Å²) in [7, 11) is -3.62. The Labute approximate surface area is 162 Å². The van der Waals surface area contributed by atoms with Crippen molar-refractivity contribution in [3.05, 3.63) is 35.4 Å². The van der Waals surface area contributed by atoms with Crippen LogP contribution in [-0.4, -0.2) is 56.3 Å². The van der Waals surface area contributed by atoms with Gasteiger partial charge in [0.2, 0.25) is 0 Å². The molecule has 142 valence electrons. The zero-order chi connectivity index (χ0) is 18.4. The average Bonchev–Trinajstić information content (AvgIpc) is 2.65. The highest BCUT2D eigenvalue weighted by molar-refractivity contribution is 6.50. The Balaban J connectivity index is 0.000000271. The molecule has 1 aliphatic heterocycles. The first-order chi connectivity index (χ1) is 12.1. The van der Waals surface area contributed by atoms with E-state index in [1.54, 1.807) is 0 Å². The summed E-state index contributed by atoms with van der Waals surface area (Å²) >= 11 is 0. The van der Waals surface area contributed by atoms with Gasteiger partial charge >= 0.3 is 0 Å². The number of hydrogen-bond acceptors (Lipinski definition) is 6. The molecule has 1 aromatic carbocycles. The van der Waals surface area contributed by atoms with E-state index in [0.29, 0.717) is 0 Å². The third-order valence-electron chi connectivity index (χ3n) is 3.64. The first-order valence-electron chi connectivity index (χ1n) is 8.55. The molecule has 1 fully saturated rings. The first kappa shape index (κ1) is 22.8. The molecule has 0 aromatic heterocycles. The van der Waals surface area contributed by atoms with Gasteiger partial charge in [0.1, 0.15) is 6.29 Å². The van der Waals surface area contributed by atoms with Crippen LogP contribution in [0.5, 0.6) is 0 Å². The molecule has 1 aromatic rings. The first-order valence-corrected chi connectivity index (χ1v) is 14.3. The summed E-state index contributed by atoms with van der Waals surface area (Å²) in [6.45, 7) is 6.14. The molecule has 1 saturated heterocycles. The molecule has 0 spiro atoms. The summed E-state index contributed by atoms with van der Waals surface area (Å²) in [5.41, 5.74) is 2.13. The van der Waals surface area contributed by atoms with E-state index >= 15 is 0 Å².